The Balaban J connectivity index is 1.86. The van der Waals surface area contributed by atoms with Crippen molar-refractivity contribution in [3.8, 4) is 0 Å². The number of nitrogen functional groups attached to an aromatic ring is 1. The van der Waals surface area contributed by atoms with Crippen molar-refractivity contribution < 1.29 is 9.72 Å². The van der Waals surface area contributed by atoms with Crippen molar-refractivity contribution in [2.75, 3.05) is 12.3 Å². The summed E-state index contributed by atoms with van der Waals surface area (Å²) in [7, 11) is 0. The highest BCUT2D eigenvalue weighted by molar-refractivity contribution is 5.92. The van der Waals surface area contributed by atoms with Gasteiger partial charge in [-0.1, -0.05) is 12.1 Å². The lowest BCUT2D eigenvalue weighted by Gasteiger charge is -2.05. The number of anilines is 1. The molecule has 0 bridgehead atoms. The minimum absolute atomic E-state index is 0.0396. The van der Waals surface area contributed by atoms with Gasteiger partial charge in [-0.3, -0.25) is 19.9 Å². The molecule has 0 aliphatic carbocycles. The van der Waals surface area contributed by atoms with Crippen LogP contribution in [0.2, 0.25) is 0 Å². The maximum absolute atomic E-state index is 11.8. The van der Waals surface area contributed by atoms with Crippen molar-refractivity contribution in [2.24, 2.45) is 0 Å². The Hall–Kier alpha value is -3.03. The van der Waals surface area contributed by atoms with Gasteiger partial charge in [-0.15, -0.1) is 0 Å². The topological polar surface area (TPSA) is 124 Å². The lowest BCUT2D eigenvalue weighted by Crippen LogP contribution is -2.26. The van der Waals surface area contributed by atoms with Crippen LogP contribution in [0.3, 0.4) is 0 Å². The van der Waals surface area contributed by atoms with Gasteiger partial charge >= 0.3 is 0 Å². The van der Waals surface area contributed by atoms with Crippen LogP contribution in [0.4, 0.5) is 11.5 Å². The zero-order chi connectivity index (χ0) is 15.2. The summed E-state index contributed by atoms with van der Waals surface area (Å²) < 4.78 is 0. The van der Waals surface area contributed by atoms with Crippen LogP contribution >= 0.6 is 0 Å². The Labute approximate surface area is 120 Å². The van der Waals surface area contributed by atoms with E-state index >= 15 is 0 Å². The Morgan fingerprint density at radius 2 is 2.00 bits per heavy atom. The summed E-state index contributed by atoms with van der Waals surface area (Å²) in [6.07, 6.45) is 3.24. The molecule has 1 heterocycles. The number of amides is 1. The minimum atomic E-state index is -0.454. The highest BCUT2D eigenvalue weighted by Gasteiger charge is 2.08. The number of hydrogen-bond donors (Lipinski definition) is 2. The monoisotopic (exact) mass is 287 g/mol. The maximum atomic E-state index is 11.8. The third-order valence-electron chi connectivity index (χ3n) is 2.73. The van der Waals surface area contributed by atoms with E-state index in [2.05, 4.69) is 15.3 Å². The molecule has 2 aromatic rings. The molecule has 2 rings (SSSR count). The first-order chi connectivity index (χ1) is 10.1. The van der Waals surface area contributed by atoms with Crippen LogP contribution < -0.4 is 11.1 Å². The Bertz CT molecular complexity index is 657. The SMILES string of the molecule is Nc1cncc(C(=O)NCCc2ccc([N+](=O)[O-])cc2)n1. The molecule has 0 saturated carbocycles. The van der Waals surface area contributed by atoms with Gasteiger partial charge in [0.05, 0.1) is 17.3 Å². The van der Waals surface area contributed by atoms with E-state index < -0.39 is 4.92 Å². The fourth-order valence-electron chi connectivity index (χ4n) is 1.69. The van der Waals surface area contributed by atoms with Gasteiger partial charge in [0.2, 0.25) is 0 Å². The van der Waals surface area contributed by atoms with E-state index in [1.54, 1.807) is 12.1 Å². The number of nitrogens with two attached hydrogens (primary N) is 1. The molecule has 0 saturated heterocycles. The smallest absolute Gasteiger partial charge is 0.271 e. The number of carbonyl (C=O) groups excluding carboxylic acids is 1. The summed E-state index contributed by atoms with van der Waals surface area (Å²) in [5, 5.41) is 13.2. The quantitative estimate of drug-likeness (QED) is 0.623. The summed E-state index contributed by atoms with van der Waals surface area (Å²) in [6.45, 7) is 0.382. The molecule has 0 spiro atoms. The predicted octanol–water partition coefficient (Wildman–Crippen LogP) is 0.939. The third-order valence-corrected chi connectivity index (χ3v) is 2.73. The minimum Gasteiger partial charge on any atom is -0.382 e. The van der Waals surface area contributed by atoms with Crippen molar-refractivity contribution in [3.05, 3.63) is 58.0 Å². The molecule has 0 fully saturated rings. The lowest BCUT2D eigenvalue weighted by molar-refractivity contribution is -0.384. The molecule has 8 heteroatoms. The normalized spacial score (nSPS) is 10.1. The van der Waals surface area contributed by atoms with Gasteiger partial charge in [-0.05, 0) is 12.0 Å². The number of benzene rings is 1. The summed E-state index contributed by atoms with van der Waals surface area (Å²) in [5.74, 6) is -0.185. The summed E-state index contributed by atoms with van der Waals surface area (Å²) in [4.78, 5) is 29.5. The van der Waals surface area contributed by atoms with Crippen molar-refractivity contribution in [1.29, 1.82) is 0 Å². The van der Waals surface area contributed by atoms with E-state index in [1.165, 1.54) is 24.5 Å². The first kappa shape index (κ1) is 14.4. The second-order valence-corrected chi connectivity index (χ2v) is 4.26. The number of nitrogens with zero attached hydrogens (tertiary/aromatic N) is 3. The average molecular weight is 287 g/mol. The van der Waals surface area contributed by atoms with Crippen molar-refractivity contribution in [2.45, 2.75) is 6.42 Å². The van der Waals surface area contributed by atoms with Gasteiger partial charge in [0.15, 0.2) is 0 Å². The van der Waals surface area contributed by atoms with Gasteiger partial charge in [0, 0.05) is 18.7 Å². The Morgan fingerprint density at radius 3 is 2.62 bits per heavy atom. The Kier molecular flexibility index (Phi) is 4.39. The fraction of sp³-hybridized carbons (Fsp3) is 0.154. The second-order valence-electron chi connectivity index (χ2n) is 4.26. The average Bonchev–Trinajstić information content (AvgIpc) is 2.47. The van der Waals surface area contributed by atoms with Crippen LogP contribution in [0.25, 0.3) is 0 Å². The number of nitro groups is 1. The van der Waals surface area contributed by atoms with E-state index in [0.29, 0.717) is 13.0 Å². The molecule has 0 radical (unpaired) electrons. The number of rotatable bonds is 5. The molecular formula is C13H13N5O3. The van der Waals surface area contributed by atoms with Crippen molar-refractivity contribution in [1.82, 2.24) is 15.3 Å². The molecule has 21 heavy (non-hydrogen) atoms. The van der Waals surface area contributed by atoms with Crippen molar-refractivity contribution >= 4 is 17.4 Å². The fourth-order valence-corrected chi connectivity index (χ4v) is 1.69. The molecule has 108 valence electrons. The van der Waals surface area contributed by atoms with Crippen LogP contribution in [-0.2, 0) is 6.42 Å². The zero-order valence-corrected chi connectivity index (χ0v) is 11.0. The molecule has 1 aromatic heterocycles. The zero-order valence-electron chi connectivity index (χ0n) is 11.0. The molecule has 0 unspecified atom stereocenters. The number of hydrogen-bond acceptors (Lipinski definition) is 6. The van der Waals surface area contributed by atoms with Gasteiger partial charge in [-0.2, -0.15) is 0 Å². The summed E-state index contributed by atoms with van der Waals surface area (Å²) in [5.41, 5.74) is 6.53. The van der Waals surface area contributed by atoms with E-state index in [4.69, 9.17) is 5.73 Å². The molecule has 3 N–H and O–H groups in total. The highest BCUT2D eigenvalue weighted by atomic mass is 16.6. The largest absolute Gasteiger partial charge is 0.382 e. The first-order valence-electron chi connectivity index (χ1n) is 6.15. The second kappa shape index (κ2) is 6.42. The van der Waals surface area contributed by atoms with E-state index in [-0.39, 0.29) is 23.1 Å². The maximum Gasteiger partial charge on any atom is 0.271 e. The van der Waals surface area contributed by atoms with E-state index in [9.17, 15) is 14.9 Å². The van der Waals surface area contributed by atoms with Gasteiger partial charge in [0.25, 0.3) is 11.6 Å². The van der Waals surface area contributed by atoms with Crippen LogP contribution in [-0.4, -0.2) is 27.3 Å². The van der Waals surface area contributed by atoms with E-state index in [1.807, 2.05) is 0 Å². The van der Waals surface area contributed by atoms with E-state index in [0.717, 1.165) is 5.56 Å². The van der Waals surface area contributed by atoms with Crippen molar-refractivity contribution in [3.63, 3.8) is 0 Å². The number of aromatic nitrogens is 2. The highest BCUT2D eigenvalue weighted by Crippen LogP contribution is 2.11. The standard InChI is InChI=1S/C13H13N5O3/c14-12-8-15-7-11(17-12)13(19)16-6-5-9-1-3-10(4-2-9)18(20)21/h1-4,7-8H,5-6H2,(H2,14,17)(H,16,19). The number of nitro benzene ring substituents is 1. The predicted molar refractivity (Wildman–Crippen MR) is 75.6 cm³/mol. The molecule has 0 aliphatic heterocycles. The Morgan fingerprint density at radius 1 is 1.29 bits per heavy atom. The third kappa shape index (κ3) is 3.96. The first-order valence-corrected chi connectivity index (χ1v) is 6.15. The van der Waals surface area contributed by atoms with Gasteiger partial charge in [-0.25, -0.2) is 4.98 Å². The van der Waals surface area contributed by atoms with Gasteiger partial charge < -0.3 is 11.1 Å². The van der Waals surface area contributed by atoms with Gasteiger partial charge in [0.1, 0.15) is 11.5 Å². The van der Waals surface area contributed by atoms with Crippen LogP contribution in [0, 0.1) is 10.1 Å². The lowest BCUT2D eigenvalue weighted by atomic mass is 10.1. The van der Waals surface area contributed by atoms with Crippen LogP contribution in [0.15, 0.2) is 36.7 Å². The molecule has 0 atom stereocenters. The molecule has 0 aliphatic rings. The molecule has 1 amide bonds. The summed E-state index contributed by atoms with van der Waals surface area (Å²) >= 11 is 0. The summed E-state index contributed by atoms with van der Waals surface area (Å²) in [6, 6.07) is 6.18. The number of nitrogens with one attached hydrogen (secondary N) is 1. The van der Waals surface area contributed by atoms with Crippen LogP contribution in [0.1, 0.15) is 16.1 Å². The molecule has 1 aromatic carbocycles. The molecular weight excluding hydrogens is 274 g/mol. The van der Waals surface area contributed by atoms with Crippen LogP contribution in [0.5, 0.6) is 0 Å². The molecule has 8 nitrogen and oxygen atoms in total. The number of carbonyl (C=O) groups is 1. The number of non-ortho nitro benzene ring substituents is 1.